The molecule has 5 N–H and O–H groups in total. The van der Waals surface area contributed by atoms with Crippen LogP contribution in [0.15, 0.2) is 34.7 Å². The third-order valence-electron chi connectivity index (χ3n) is 9.49. The molecule has 5 rings (SSSR count). The van der Waals surface area contributed by atoms with Crippen LogP contribution in [0.1, 0.15) is 44.8 Å². The molecule has 12 nitrogen and oxygen atoms in total. The van der Waals surface area contributed by atoms with Gasteiger partial charge >= 0.3 is 11.9 Å². The lowest BCUT2D eigenvalue weighted by Crippen LogP contribution is -2.65. The molecule has 1 unspecified atom stereocenters. The summed E-state index contributed by atoms with van der Waals surface area (Å²) < 4.78 is 28.0. The molecule has 12 atom stereocenters. The van der Waals surface area contributed by atoms with Crippen LogP contribution < -0.4 is 0 Å². The van der Waals surface area contributed by atoms with Crippen molar-refractivity contribution in [1.82, 2.24) is 0 Å². The largest absolute Gasteiger partial charge is 0.472 e. The Hall–Kier alpha value is -2.32. The molecule has 1 aromatic heterocycles. The van der Waals surface area contributed by atoms with Crippen LogP contribution in [0, 0.1) is 22.7 Å². The monoisotopic (exact) mass is 552 g/mol. The molecule has 39 heavy (non-hydrogen) atoms. The highest BCUT2D eigenvalue weighted by molar-refractivity contribution is 5.91. The Morgan fingerprint density at radius 2 is 1.87 bits per heavy atom. The zero-order valence-electron chi connectivity index (χ0n) is 22.0. The maximum atomic E-state index is 13.5. The summed E-state index contributed by atoms with van der Waals surface area (Å²) >= 11 is 0. The van der Waals surface area contributed by atoms with Crippen LogP contribution in [0.2, 0.25) is 0 Å². The first-order valence-electron chi connectivity index (χ1n) is 13.1. The Labute approximate surface area is 225 Å². The summed E-state index contributed by atoms with van der Waals surface area (Å²) in [6, 6.07) is 1.73. The highest BCUT2D eigenvalue weighted by Gasteiger charge is 2.66. The fourth-order valence-corrected chi connectivity index (χ4v) is 7.33. The summed E-state index contributed by atoms with van der Waals surface area (Å²) in [6.45, 7) is 3.11. The molecule has 0 bridgehead atoms. The smallest absolute Gasteiger partial charge is 0.334 e. The number of esters is 2. The van der Waals surface area contributed by atoms with E-state index < -0.39 is 90.2 Å². The van der Waals surface area contributed by atoms with E-state index in [1.807, 2.05) is 6.92 Å². The van der Waals surface area contributed by atoms with Crippen molar-refractivity contribution in [2.75, 3.05) is 13.7 Å². The number of carbonyl (C=O) groups is 2. The molecular weight excluding hydrogens is 516 g/mol. The number of hydrogen-bond donors (Lipinski definition) is 5. The number of aliphatic hydroxyl groups is 5. The van der Waals surface area contributed by atoms with Crippen LogP contribution in [0.5, 0.6) is 0 Å². The number of fused-ring (bicyclic) bond motifs is 3. The lowest BCUT2D eigenvalue weighted by atomic mass is 9.44. The normalized spacial score (nSPS) is 45.9. The van der Waals surface area contributed by atoms with Crippen molar-refractivity contribution in [3.8, 4) is 0 Å². The van der Waals surface area contributed by atoms with E-state index in [-0.39, 0.29) is 18.4 Å². The van der Waals surface area contributed by atoms with Crippen LogP contribution >= 0.6 is 0 Å². The molecule has 0 amide bonds. The molecule has 1 saturated carbocycles. The maximum absolute atomic E-state index is 13.5. The maximum Gasteiger partial charge on any atom is 0.334 e. The lowest BCUT2D eigenvalue weighted by Gasteiger charge is -2.62. The summed E-state index contributed by atoms with van der Waals surface area (Å²) in [5.74, 6) is -2.33. The van der Waals surface area contributed by atoms with E-state index in [1.165, 1.54) is 25.7 Å². The van der Waals surface area contributed by atoms with Crippen molar-refractivity contribution < 1.29 is 58.5 Å². The summed E-state index contributed by atoms with van der Waals surface area (Å²) in [5.41, 5.74) is -1.02. The molecule has 3 heterocycles. The standard InChI is InChI=1S/C27H36O12/c1-26-9-16(12-4-5-36-11-12)37-24(34)14(26)8-19(39-25-22(32)21(31)20(30)17(10-28)38-25)27(2)15(23(33)35-3)6-13(29)7-18(26)27/h4-6,11,13-14,16-22,25,28-32H,7-10H2,1-3H3/t13-,14+,16?,17+,18-,19+,20+,21-,22+,25-,26+,27-/m0/s1. The number of methoxy groups -OCH3 is 1. The first-order chi connectivity index (χ1) is 18.4. The fourth-order valence-electron chi connectivity index (χ4n) is 7.33. The summed E-state index contributed by atoms with van der Waals surface area (Å²) in [6.07, 6.45) is -5.02. The second kappa shape index (κ2) is 10.3. The number of rotatable bonds is 5. The average molecular weight is 553 g/mol. The first kappa shape index (κ1) is 28.2. The second-order valence-electron chi connectivity index (χ2n) is 11.5. The third kappa shape index (κ3) is 4.42. The Morgan fingerprint density at radius 1 is 1.13 bits per heavy atom. The Balaban J connectivity index is 1.56. The molecule has 3 fully saturated rings. The Morgan fingerprint density at radius 3 is 2.51 bits per heavy atom. The number of ether oxygens (including phenoxy) is 4. The minimum Gasteiger partial charge on any atom is -0.472 e. The van der Waals surface area contributed by atoms with E-state index in [1.54, 1.807) is 13.0 Å². The van der Waals surface area contributed by atoms with Crippen molar-refractivity contribution in [3.63, 3.8) is 0 Å². The highest BCUT2D eigenvalue weighted by Crippen LogP contribution is 2.65. The van der Waals surface area contributed by atoms with Gasteiger partial charge in [-0.3, -0.25) is 4.79 Å². The SMILES string of the molecule is COC(=O)C1=C[C@H](O)C[C@H]2[C@]3(C)CC(c4ccoc4)OC(=O)[C@H]3C[C@@H](O[C@@H]3O[C@H](CO)[C@@H](O)[C@H](O)[C@H]3O)[C@@]12C. The van der Waals surface area contributed by atoms with Gasteiger partial charge in [-0.1, -0.05) is 13.8 Å². The molecule has 1 aromatic rings. The predicted molar refractivity (Wildman–Crippen MR) is 129 cm³/mol. The lowest BCUT2D eigenvalue weighted by molar-refractivity contribution is -0.329. The van der Waals surface area contributed by atoms with Gasteiger partial charge < -0.3 is 48.9 Å². The zero-order chi connectivity index (χ0) is 28.3. The molecular formula is C27H36O12. The van der Waals surface area contributed by atoms with E-state index in [4.69, 9.17) is 23.4 Å². The van der Waals surface area contributed by atoms with Crippen molar-refractivity contribution in [1.29, 1.82) is 0 Å². The molecule has 0 radical (unpaired) electrons. The van der Waals surface area contributed by atoms with E-state index in [2.05, 4.69) is 0 Å². The van der Waals surface area contributed by atoms with Crippen LogP contribution in [-0.2, 0) is 28.5 Å². The van der Waals surface area contributed by atoms with Crippen molar-refractivity contribution in [2.24, 2.45) is 22.7 Å². The Kier molecular flexibility index (Phi) is 7.42. The molecule has 0 aromatic carbocycles. The molecule has 2 aliphatic heterocycles. The van der Waals surface area contributed by atoms with Gasteiger partial charge in [0.1, 0.15) is 30.5 Å². The summed E-state index contributed by atoms with van der Waals surface area (Å²) in [5, 5.41) is 51.7. The van der Waals surface area contributed by atoms with Gasteiger partial charge in [-0.2, -0.15) is 0 Å². The summed E-state index contributed by atoms with van der Waals surface area (Å²) in [7, 11) is 1.23. The zero-order valence-corrected chi connectivity index (χ0v) is 22.0. The topological polar surface area (TPSA) is 185 Å². The molecule has 216 valence electrons. The van der Waals surface area contributed by atoms with Crippen LogP contribution in [0.4, 0.5) is 0 Å². The van der Waals surface area contributed by atoms with Gasteiger partial charge in [0.15, 0.2) is 6.29 Å². The quantitative estimate of drug-likeness (QED) is 0.308. The van der Waals surface area contributed by atoms with E-state index >= 15 is 0 Å². The van der Waals surface area contributed by atoms with Gasteiger partial charge in [0.2, 0.25) is 0 Å². The molecule has 12 heteroatoms. The van der Waals surface area contributed by atoms with E-state index in [9.17, 15) is 35.1 Å². The molecule has 2 saturated heterocycles. The van der Waals surface area contributed by atoms with E-state index in [0.717, 1.165) is 0 Å². The van der Waals surface area contributed by atoms with Crippen LogP contribution in [0.25, 0.3) is 0 Å². The average Bonchev–Trinajstić information content (AvgIpc) is 3.45. The van der Waals surface area contributed by atoms with Gasteiger partial charge in [0.25, 0.3) is 0 Å². The third-order valence-corrected chi connectivity index (χ3v) is 9.49. The van der Waals surface area contributed by atoms with Gasteiger partial charge in [0.05, 0.1) is 44.4 Å². The predicted octanol–water partition coefficient (Wildman–Crippen LogP) is -0.0346. The van der Waals surface area contributed by atoms with Crippen molar-refractivity contribution in [3.05, 3.63) is 35.8 Å². The fraction of sp³-hybridized carbons (Fsp3) is 0.704. The molecule has 2 aliphatic carbocycles. The number of carbonyl (C=O) groups excluding carboxylic acids is 2. The molecule has 0 spiro atoms. The number of hydrogen-bond acceptors (Lipinski definition) is 12. The minimum absolute atomic E-state index is 0.0693. The van der Waals surface area contributed by atoms with Crippen LogP contribution in [-0.4, -0.2) is 94.1 Å². The van der Waals surface area contributed by atoms with Gasteiger partial charge in [-0.05, 0) is 42.7 Å². The van der Waals surface area contributed by atoms with E-state index in [0.29, 0.717) is 12.0 Å². The Bertz CT molecular complexity index is 1100. The highest BCUT2D eigenvalue weighted by atomic mass is 16.7. The van der Waals surface area contributed by atoms with Gasteiger partial charge in [-0.25, -0.2) is 4.79 Å². The second-order valence-corrected chi connectivity index (χ2v) is 11.5. The summed E-state index contributed by atoms with van der Waals surface area (Å²) in [4.78, 5) is 26.6. The van der Waals surface area contributed by atoms with Crippen LogP contribution in [0.3, 0.4) is 0 Å². The molecule has 4 aliphatic rings. The minimum atomic E-state index is -1.68. The van der Waals surface area contributed by atoms with Crippen molar-refractivity contribution >= 4 is 11.9 Å². The van der Waals surface area contributed by atoms with Gasteiger partial charge in [0, 0.05) is 16.6 Å². The number of furan rings is 1. The number of cyclic esters (lactones) is 1. The first-order valence-corrected chi connectivity index (χ1v) is 13.1. The van der Waals surface area contributed by atoms with Gasteiger partial charge in [-0.15, -0.1) is 0 Å². The number of aliphatic hydroxyl groups excluding tert-OH is 5. The van der Waals surface area contributed by atoms with Crippen molar-refractivity contribution in [2.45, 2.75) is 82.1 Å².